The fourth-order valence-electron chi connectivity index (χ4n) is 2.13. The van der Waals surface area contributed by atoms with Crippen LogP contribution < -0.4 is 10.6 Å². The van der Waals surface area contributed by atoms with Crippen LogP contribution in [0.5, 0.6) is 0 Å². The fraction of sp³-hybridized carbons (Fsp3) is 0.400. The Hall–Kier alpha value is -2.94. The predicted molar refractivity (Wildman–Crippen MR) is 109 cm³/mol. The lowest BCUT2D eigenvalue weighted by Crippen LogP contribution is -2.53. The lowest BCUT2D eigenvalue weighted by atomic mass is 10.1. The van der Waals surface area contributed by atoms with Crippen LogP contribution in [0, 0.1) is 6.92 Å². The van der Waals surface area contributed by atoms with E-state index >= 15 is 0 Å². The molecule has 0 aliphatic carbocycles. The summed E-state index contributed by atoms with van der Waals surface area (Å²) in [6.07, 6.45) is 1.48. The molecule has 0 bridgehead atoms. The molecule has 1 fully saturated rings. The van der Waals surface area contributed by atoms with Crippen LogP contribution in [0.4, 0.5) is 9.93 Å². The molecule has 0 saturated carbocycles. The maximum Gasteiger partial charge on any atom is 0.413 e. The van der Waals surface area contributed by atoms with Crippen LogP contribution in [0.2, 0.25) is 0 Å². The van der Waals surface area contributed by atoms with E-state index in [9.17, 15) is 14.4 Å². The van der Waals surface area contributed by atoms with Crippen LogP contribution in [-0.4, -0.2) is 34.6 Å². The molecule has 2 aromatic rings. The molecule has 2 N–H and O–H groups in total. The molecule has 1 aromatic carbocycles. The number of rotatable bonds is 4. The molecule has 29 heavy (non-hydrogen) atoms. The highest BCUT2D eigenvalue weighted by Gasteiger charge is 2.32. The normalized spacial score (nSPS) is 15.2. The average Bonchev–Trinajstić information content (AvgIpc) is 3.01. The molecule has 1 aliphatic heterocycles. The fourth-order valence-corrected chi connectivity index (χ4v) is 2.78. The van der Waals surface area contributed by atoms with Gasteiger partial charge in [-0.05, 0) is 33.3 Å². The van der Waals surface area contributed by atoms with Gasteiger partial charge < -0.3 is 14.8 Å². The smallest absolute Gasteiger partial charge is 0.413 e. The third-order valence-electron chi connectivity index (χ3n) is 3.46. The summed E-state index contributed by atoms with van der Waals surface area (Å²) in [4.78, 5) is 38.2. The van der Waals surface area contributed by atoms with E-state index in [4.69, 9.17) is 9.47 Å². The number of hydrogen-bond donors (Lipinski definition) is 2. The summed E-state index contributed by atoms with van der Waals surface area (Å²) in [7, 11) is 0. The number of nitrogens with one attached hydrogen (secondary N) is 2. The number of amides is 2. The first kappa shape index (κ1) is 22.4. The molecular weight excluding hydrogens is 394 g/mol. The molecule has 1 atom stereocenters. The zero-order chi connectivity index (χ0) is 21.4. The summed E-state index contributed by atoms with van der Waals surface area (Å²) >= 11 is 1.42. The van der Waals surface area contributed by atoms with Gasteiger partial charge in [-0.25, -0.2) is 14.6 Å². The Balaban J connectivity index is 0.000000208. The van der Waals surface area contributed by atoms with Crippen LogP contribution in [-0.2, 0) is 25.7 Å². The van der Waals surface area contributed by atoms with Gasteiger partial charge >= 0.3 is 12.1 Å². The van der Waals surface area contributed by atoms with Gasteiger partial charge in [0.25, 0.3) is 0 Å². The second-order valence-electron chi connectivity index (χ2n) is 7.32. The number of carbonyl (C=O) groups is 3. The Morgan fingerprint density at radius 1 is 1.28 bits per heavy atom. The highest BCUT2D eigenvalue weighted by atomic mass is 32.1. The molecule has 156 valence electrons. The van der Waals surface area contributed by atoms with E-state index < -0.39 is 17.7 Å². The quantitative estimate of drug-likeness (QED) is 0.581. The number of thiazole rings is 1. The molecule has 1 saturated heterocycles. The van der Waals surface area contributed by atoms with Crippen LogP contribution in [0.3, 0.4) is 0 Å². The number of carbonyl (C=O) groups excluding carboxylic acids is 3. The van der Waals surface area contributed by atoms with Gasteiger partial charge in [-0.1, -0.05) is 30.3 Å². The number of aromatic nitrogens is 1. The van der Waals surface area contributed by atoms with Gasteiger partial charge in [0.1, 0.15) is 18.2 Å². The van der Waals surface area contributed by atoms with E-state index in [1.54, 1.807) is 6.20 Å². The van der Waals surface area contributed by atoms with Crippen LogP contribution in [0.1, 0.15) is 37.6 Å². The van der Waals surface area contributed by atoms with Crippen LogP contribution >= 0.6 is 11.3 Å². The van der Waals surface area contributed by atoms with E-state index in [-0.39, 0.29) is 24.9 Å². The Morgan fingerprint density at radius 2 is 1.93 bits per heavy atom. The maximum absolute atomic E-state index is 11.3. The number of anilines is 1. The molecule has 3 rings (SSSR count). The van der Waals surface area contributed by atoms with Crippen molar-refractivity contribution in [1.29, 1.82) is 0 Å². The van der Waals surface area contributed by atoms with E-state index in [2.05, 4.69) is 15.6 Å². The zero-order valence-electron chi connectivity index (χ0n) is 16.9. The Labute approximate surface area is 173 Å². The molecule has 8 nitrogen and oxygen atoms in total. The summed E-state index contributed by atoms with van der Waals surface area (Å²) < 4.78 is 10.1. The zero-order valence-corrected chi connectivity index (χ0v) is 17.7. The van der Waals surface area contributed by atoms with Crippen molar-refractivity contribution in [3.05, 3.63) is 47.0 Å². The van der Waals surface area contributed by atoms with Crippen molar-refractivity contribution < 1.29 is 23.9 Å². The van der Waals surface area contributed by atoms with Gasteiger partial charge in [0, 0.05) is 11.1 Å². The summed E-state index contributed by atoms with van der Waals surface area (Å²) in [5.41, 5.74) is 0.465. The lowest BCUT2D eigenvalue weighted by Gasteiger charge is -2.24. The number of benzene rings is 1. The SMILES string of the molecule is Cc1cnc(NC(=O)OC(C)(C)C)s1.O=C1CC(C(=O)OCc2ccccc2)N1. The van der Waals surface area contributed by atoms with Crippen LogP contribution in [0.25, 0.3) is 0 Å². The van der Waals surface area contributed by atoms with Crippen LogP contribution in [0.15, 0.2) is 36.5 Å². The topological polar surface area (TPSA) is 107 Å². The van der Waals surface area contributed by atoms with Crippen molar-refractivity contribution in [1.82, 2.24) is 10.3 Å². The second kappa shape index (κ2) is 10.0. The maximum atomic E-state index is 11.3. The molecular formula is C20H25N3O5S. The Morgan fingerprint density at radius 3 is 2.45 bits per heavy atom. The molecule has 9 heteroatoms. The summed E-state index contributed by atoms with van der Waals surface area (Å²) in [5.74, 6) is -0.463. The predicted octanol–water partition coefficient (Wildman–Crippen LogP) is 3.42. The van der Waals surface area contributed by atoms with E-state index in [1.165, 1.54) is 11.3 Å². The lowest BCUT2D eigenvalue weighted by molar-refractivity contribution is -0.154. The molecule has 1 unspecified atom stereocenters. The third-order valence-corrected chi connectivity index (χ3v) is 4.29. The number of aryl methyl sites for hydroxylation is 1. The first-order valence-electron chi connectivity index (χ1n) is 9.05. The third kappa shape index (κ3) is 8.30. The number of esters is 1. The first-order chi connectivity index (χ1) is 13.6. The standard InChI is InChI=1S/C11H11NO3.C9H14N2O2S/c13-10-6-9(12-10)11(14)15-7-8-4-2-1-3-5-8;1-6-5-10-7(14-6)11-8(12)13-9(2,3)4/h1-5,9H,6-7H2,(H,12,13);5H,1-4H3,(H,10,11,12). The molecule has 2 amide bonds. The summed E-state index contributed by atoms with van der Waals surface area (Å²) in [6, 6.07) is 8.99. The molecule has 2 heterocycles. The van der Waals surface area contributed by atoms with Gasteiger partial charge in [-0.15, -0.1) is 11.3 Å². The Bertz CT molecular complexity index is 837. The van der Waals surface area contributed by atoms with Crippen molar-refractivity contribution >= 4 is 34.4 Å². The minimum atomic E-state index is -0.476. The monoisotopic (exact) mass is 419 g/mol. The molecule has 0 radical (unpaired) electrons. The highest BCUT2D eigenvalue weighted by Crippen LogP contribution is 2.17. The minimum Gasteiger partial charge on any atom is -0.459 e. The number of β-lactam (4-membered cyclic amide) rings is 1. The average molecular weight is 420 g/mol. The molecule has 0 spiro atoms. The van der Waals surface area contributed by atoms with Crippen molar-refractivity contribution in [3.8, 4) is 0 Å². The van der Waals surface area contributed by atoms with Crippen molar-refractivity contribution in [2.45, 2.75) is 52.4 Å². The van der Waals surface area contributed by atoms with Gasteiger partial charge in [0.15, 0.2) is 5.13 Å². The van der Waals surface area contributed by atoms with Crippen molar-refractivity contribution in [2.75, 3.05) is 5.32 Å². The second-order valence-corrected chi connectivity index (χ2v) is 8.56. The molecule has 1 aromatic heterocycles. The number of ether oxygens (including phenoxy) is 2. The van der Waals surface area contributed by atoms with Gasteiger partial charge in [-0.2, -0.15) is 0 Å². The van der Waals surface area contributed by atoms with E-state index in [0.717, 1.165) is 10.4 Å². The van der Waals surface area contributed by atoms with Crippen molar-refractivity contribution in [2.24, 2.45) is 0 Å². The summed E-state index contributed by atoms with van der Waals surface area (Å²) in [6.45, 7) is 7.64. The minimum absolute atomic E-state index is 0.100. The van der Waals surface area contributed by atoms with Crippen molar-refractivity contribution in [3.63, 3.8) is 0 Å². The van der Waals surface area contributed by atoms with Gasteiger partial charge in [0.2, 0.25) is 5.91 Å². The number of hydrogen-bond acceptors (Lipinski definition) is 7. The highest BCUT2D eigenvalue weighted by molar-refractivity contribution is 7.15. The first-order valence-corrected chi connectivity index (χ1v) is 9.86. The van der Waals surface area contributed by atoms with Gasteiger partial charge in [-0.3, -0.25) is 10.1 Å². The van der Waals surface area contributed by atoms with Gasteiger partial charge in [0.05, 0.1) is 6.42 Å². The largest absolute Gasteiger partial charge is 0.459 e. The number of nitrogens with zero attached hydrogens (tertiary/aromatic N) is 1. The summed E-state index contributed by atoms with van der Waals surface area (Å²) in [5, 5.41) is 5.60. The Kier molecular flexibility index (Phi) is 7.72. The van der Waals surface area contributed by atoms with E-state index in [0.29, 0.717) is 5.13 Å². The molecule has 1 aliphatic rings. The van der Waals surface area contributed by atoms with E-state index in [1.807, 2.05) is 58.0 Å².